The van der Waals surface area contributed by atoms with Gasteiger partial charge in [-0.2, -0.15) is 13.2 Å². The topological polar surface area (TPSA) is 55.6 Å². The van der Waals surface area contributed by atoms with E-state index in [2.05, 4.69) is 4.90 Å². The van der Waals surface area contributed by atoms with Gasteiger partial charge in [0.15, 0.2) is 0 Å². The van der Waals surface area contributed by atoms with Crippen molar-refractivity contribution in [3.63, 3.8) is 0 Å². The first-order valence-corrected chi connectivity index (χ1v) is 7.68. The molecular weight excluding hydrogens is 309 g/mol. The first-order chi connectivity index (χ1) is 10.9. The van der Waals surface area contributed by atoms with Crippen LogP contribution < -0.4 is 10.5 Å². The average molecular weight is 330 g/mol. The molecule has 0 saturated carbocycles. The van der Waals surface area contributed by atoms with Crippen molar-refractivity contribution in [1.82, 2.24) is 4.90 Å². The zero-order valence-corrected chi connectivity index (χ0v) is 12.8. The Morgan fingerprint density at radius 2 is 2.00 bits per heavy atom. The van der Waals surface area contributed by atoms with Crippen molar-refractivity contribution in [1.29, 1.82) is 0 Å². The molecule has 128 valence electrons. The van der Waals surface area contributed by atoms with E-state index < -0.39 is 11.7 Å². The van der Waals surface area contributed by atoms with Gasteiger partial charge in [0.1, 0.15) is 5.75 Å². The highest BCUT2D eigenvalue weighted by Crippen LogP contribution is 2.31. The third kappa shape index (κ3) is 5.42. The molecule has 23 heavy (non-hydrogen) atoms. The van der Waals surface area contributed by atoms with E-state index in [-0.39, 0.29) is 17.6 Å². The number of amides is 1. The molecule has 2 N–H and O–H groups in total. The monoisotopic (exact) mass is 330 g/mol. The number of rotatable bonds is 6. The second kappa shape index (κ2) is 7.68. The highest BCUT2D eigenvalue weighted by Gasteiger charge is 2.30. The average Bonchev–Trinajstić information content (AvgIpc) is 2.51. The number of nitrogens with two attached hydrogens (primary N) is 1. The van der Waals surface area contributed by atoms with Crippen LogP contribution in [-0.4, -0.2) is 37.0 Å². The number of nitrogens with zero attached hydrogens (tertiary/aromatic N) is 1. The Kier molecular flexibility index (Phi) is 5.87. The van der Waals surface area contributed by atoms with Crippen LogP contribution in [0.5, 0.6) is 5.75 Å². The molecule has 1 heterocycles. The molecule has 0 atom stereocenters. The highest BCUT2D eigenvalue weighted by atomic mass is 19.4. The molecule has 0 radical (unpaired) electrons. The Morgan fingerprint density at radius 1 is 1.30 bits per heavy atom. The zero-order valence-electron chi connectivity index (χ0n) is 12.8. The normalized spacial score (nSPS) is 17.2. The van der Waals surface area contributed by atoms with Crippen molar-refractivity contribution in [2.24, 2.45) is 11.7 Å². The fraction of sp³-hybridized carbons (Fsp3) is 0.562. The highest BCUT2D eigenvalue weighted by molar-refractivity contribution is 5.76. The van der Waals surface area contributed by atoms with E-state index in [4.69, 9.17) is 10.5 Å². The van der Waals surface area contributed by atoms with Crippen molar-refractivity contribution in [3.05, 3.63) is 29.8 Å². The number of hydrogen-bond acceptors (Lipinski definition) is 3. The van der Waals surface area contributed by atoms with Crippen LogP contribution in [0.1, 0.15) is 24.8 Å². The molecule has 0 aromatic heterocycles. The van der Waals surface area contributed by atoms with Gasteiger partial charge in [-0.15, -0.1) is 0 Å². The second-order valence-corrected chi connectivity index (χ2v) is 5.75. The summed E-state index contributed by atoms with van der Waals surface area (Å²) in [5.74, 6) is -0.0441. The summed E-state index contributed by atoms with van der Waals surface area (Å²) in [5, 5.41) is 0. The quantitative estimate of drug-likeness (QED) is 0.816. The first kappa shape index (κ1) is 17.6. The number of carbonyl (C=O) groups is 1. The van der Waals surface area contributed by atoms with E-state index in [1.54, 1.807) is 0 Å². The number of benzene rings is 1. The molecule has 1 saturated heterocycles. The van der Waals surface area contributed by atoms with Crippen LogP contribution in [-0.2, 0) is 11.0 Å². The fourth-order valence-electron chi connectivity index (χ4n) is 2.68. The fourth-order valence-corrected chi connectivity index (χ4v) is 2.68. The molecule has 2 rings (SSSR count). The summed E-state index contributed by atoms with van der Waals surface area (Å²) in [7, 11) is 0. The van der Waals surface area contributed by atoms with Crippen molar-refractivity contribution in [2.75, 3.05) is 26.2 Å². The second-order valence-electron chi connectivity index (χ2n) is 5.75. The molecule has 1 aliphatic heterocycles. The largest absolute Gasteiger partial charge is 0.494 e. The van der Waals surface area contributed by atoms with Gasteiger partial charge >= 0.3 is 6.18 Å². The zero-order chi connectivity index (χ0) is 16.9. The van der Waals surface area contributed by atoms with Gasteiger partial charge in [-0.3, -0.25) is 4.79 Å². The van der Waals surface area contributed by atoms with Crippen LogP contribution in [0.15, 0.2) is 24.3 Å². The van der Waals surface area contributed by atoms with E-state index in [0.29, 0.717) is 6.61 Å². The number of alkyl halides is 3. The number of ether oxygens (including phenoxy) is 1. The molecular formula is C16H21F3N2O2. The lowest BCUT2D eigenvalue weighted by molar-refractivity contribution is -0.137. The minimum absolute atomic E-state index is 0.0346. The van der Waals surface area contributed by atoms with Gasteiger partial charge in [0.2, 0.25) is 5.91 Å². The maximum Gasteiger partial charge on any atom is 0.416 e. The smallest absolute Gasteiger partial charge is 0.416 e. The van der Waals surface area contributed by atoms with Crippen molar-refractivity contribution in [3.8, 4) is 5.75 Å². The van der Waals surface area contributed by atoms with Crippen molar-refractivity contribution in [2.45, 2.75) is 25.4 Å². The van der Waals surface area contributed by atoms with Gasteiger partial charge in [0.05, 0.1) is 12.2 Å². The minimum Gasteiger partial charge on any atom is -0.494 e. The number of primary amides is 1. The van der Waals surface area contributed by atoms with Crippen LogP contribution in [0.2, 0.25) is 0 Å². The molecule has 1 aliphatic rings. The summed E-state index contributed by atoms with van der Waals surface area (Å²) in [4.78, 5) is 13.3. The molecule has 0 bridgehead atoms. The third-order valence-electron chi connectivity index (χ3n) is 4.04. The predicted octanol–water partition coefficient (Wildman–Crippen LogP) is 2.67. The number of likely N-dealkylation sites (tertiary alicyclic amines) is 1. The lowest BCUT2D eigenvalue weighted by Gasteiger charge is -2.30. The van der Waals surface area contributed by atoms with E-state index in [1.165, 1.54) is 12.1 Å². The van der Waals surface area contributed by atoms with Gasteiger partial charge in [-0.1, -0.05) is 6.07 Å². The Balaban J connectivity index is 1.69. The molecule has 0 aliphatic carbocycles. The van der Waals surface area contributed by atoms with Crippen molar-refractivity contribution < 1.29 is 22.7 Å². The summed E-state index contributed by atoms with van der Waals surface area (Å²) in [6.07, 6.45) is -2.10. The number of carbonyl (C=O) groups excluding carboxylic acids is 1. The molecule has 0 spiro atoms. The Bertz CT molecular complexity index is 526. The molecule has 1 aromatic carbocycles. The lowest BCUT2D eigenvalue weighted by atomic mass is 9.96. The van der Waals surface area contributed by atoms with Gasteiger partial charge < -0.3 is 15.4 Å². The van der Waals surface area contributed by atoms with Crippen molar-refractivity contribution >= 4 is 5.91 Å². The van der Waals surface area contributed by atoms with Gasteiger partial charge in [-0.05, 0) is 50.6 Å². The first-order valence-electron chi connectivity index (χ1n) is 7.68. The number of hydrogen-bond donors (Lipinski definition) is 1. The van der Waals surface area contributed by atoms with E-state index in [1.807, 2.05) is 0 Å². The summed E-state index contributed by atoms with van der Waals surface area (Å²) in [6.45, 7) is 2.79. The number of halogens is 3. The molecule has 1 amide bonds. The standard InChI is InChI=1S/C16H21F3N2O2/c17-16(18,19)13-3-1-4-14(11-13)23-10-2-7-21-8-5-12(6-9-21)15(20)22/h1,3-4,11-12H,2,5-10H2,(H2,20,22). The minimum atomic E-state index is -4.36. The third-order valence-corrected chi connectivity index (χ3v) is 4.04. The summed E-state index contributed by atoms with van der Waals surface area (Å²) >= 11 is 0. The number of piperidine rings is 1. The van der Waals surface area contributed by atoms with Crippen LogP contribution in [0.25, 0.3) is 0 Å². The van der Waals surface area contributed by atoms with E-state index in [9.17, 15) is 18.0 Å². The maximum absolute atomic E-state index is 12.6. The molecule has 0 unspecified atom stereocenters. The molecule has 4 nitrogen and oxygen atoms in total. The van der Waals surface area contributed by atoms with E-state index in [0.717, 1.165) is 51.0 Å². The Morgan fingerprint density at radius 3 is 2.61 bits per heavy atom. The van der Waals surface area contributed by atoms with Gasteiger partial charge in [-0.25, -0.2) is 0 Å². The van der Waals surface area contributed by atoms with E-state index >= 15 is 0 Å². The Labute approximate surface area is 133 Å². The van der Waals surface area contributed by atoms with Gasteiger partial charge in [0.25, 0.3) is 0 Å². The molecule has 1 fully saturated rings. The predicted molar refractivity (Wildman–Crippen MR) is 79.9 cm³/mol. The van der Waals surface area contributed by atoms with Crippen LogP contribution in [0.4, 0.5) is 13.2 Å². The lowest BCUT2D eigenvalue weighted by Crippen LogP contribution is -2.39. The molecule has 7 heteroatoms. The van der Waals surface area contributed by atoms with Crippen LogP contribution in [0, 0.1) is 5.92 Å². The maximum atomic E-state index is 12.6. The molecule has 1 aromatic rings. The summed E-state index contributed by atoms with van der Waals surface area (Å²) in [6, 6.07) is 4.90. The van der Waals surface area contributed by atoms with Crippen LogP contribution in [0.3, 0.4) is 0 Å². The Hall–Kier alpha value is -1.76. The van der Waals surface area contributed by atoms with Gasteiger partial charge in [0, 0.05) is 12.5 Å². The van der Waals surface area contributed by atoms with Crippen LogP contribution >= 0.6 is 0 Å². The SMILES string of the molecule is NC(=O)C1CCN(CCCOc2cccc(C(F)(F)F)c2)CC1. The summed E-state index contributed by atoms with van der Waals surface area (Å²) in [5.41, 5.74) is 4.58. The summed E-state index contributed by atoms with van der Waals surface area (Å²) < 4.78 is 43.2.